The number of phenolic OH excluding ortho intramolecular Hbond substituents is 3. The zero-order valence-electron chi connectivity index (χ0n) is 38.0. The Balaban J connectivity index is 1.15. The predicted octanol–water partition coefficient (Wildman–Crippen LogP) is 2.45. The lowest BCUT2D eigenvalue weighted by Gasteiger charge is -2.73. The first-order valence-electron chi connectivity index (χ1n) is 24.0. The number of ether oxygens (including phenoxy) is 2. The molecule has 1 amide bonds. The molecule has 70 heavy (non-hydrogen) atoms. The number of hydrogen-bond donors (Lipinski definition) is 12. The largest absolute Gasteiger partial charge is 0.508 e. The van der Waals surface area contributed by atoms with Crippen molar-refractivity contribution >= 4 is 23.6 Å². The number of nitrogens with one attached hydrogen (secondary N) is 1. The second kappa shape index (κ2) is 16.6. The van der Waals surface area contributed by atoms with Gasteiger partial charge >= 0.3 is 11.9 Å². The molecule has 1 aromatic heterocycles. The number of carbonyl (C=O) groups excluding carboxylic acids is 1. The Morgan fingerprint density at radius 1 is 0.914 bits per heavy atom. The summed E-state index contributed by atoms with van der Waals surface area (Å²) >= 11 is 0. The van der Waals surface area contributed by atoms with Crippen LogP contribution in [0, 0.1) is 35.0 Å². The van der Waals surface area contributed by atoms with Gasteiger partial charge in [0.15, 0.2) is 23.1 Å². The highest BCUT2D eigenvalue weighted by atomic mass is 16.8. The number of carboxylic acid groups (broad SMARTS) is 1. The van der Waals surface area contributed by atoms with Gasteiger partial charge in [-0.2, -0.15) is 0 Å². The minimum Gasteiger partial charge on any atom is -0.508 e. The number of anilines is 1. The standard InChI is InChI=1S/C52H57N3O15/c56-21-26-12-31-15-28-14-27-3-1-6-38(60)43(27)51(30(22-57)4-2-5-35(28)51)50(31)32(13-26)19-49(48(66)67)46(50)34-17-39(61)40(69-52(68)47(65)45(64)44(63)41(23-58)70-52)18-36(34)55(49)42(62)10-8-25-7-9-37(59)29(11-25)16-33-20-53-24-54-33/h1,3,6-11,17-20,24,26,28,30-31,35,41,44-47,56-61,63-65,68H,2,4-5,12-16,21-23H2,(H,53,54)(H,66,67)/b10-8+/t26-,28+,30+,31+,35+,41-,44-,45+,46-,47-,49-,50-,51-,52+/m1/s1. The zero-order valence-corrected chi connectivity index (χ0v) is 38.0. The van der Waals surface area contributed by atoms with Crippen LogP contribution in [-0.4, -0.2) is 134 Å². The van der Waals surface area contributed by atoms with E-state index in [4.69, 9.17) is 9.47 Å². The van der Waals surface area contributed by atoms with Crippen LogP contribution in [-0.2, 0) is 32.6 Å². The van der Waals surface area contributed by atoms with Crippen molar-refractivity contribution in [3.63, 3.8) is 0 Å². The Morgan fingerprint density at radius 2 is 1.73 bits per heavy atom. The summed E-state index contributed by atoms with van der Waals surface area (Å²) in [4.78, 5) is 38.6. The molecule has 1 spiro atoms. The van der Waals surface area contributed by atoms with E-state index in [1.807, 2.05) is 6.07 Å². The third-order valence-electron chi connectivity index (χ3n) is 17.5. The molecule has 1 saturated heterocycles. The number of imidazole rings is 1. The topological polar surface area (TPSA) is 307 Å². The normalized spacial score (nSPS) is 36.8. The summed E-state index contributed by atoms with van der Waals surface area (Å²) in [5.74, 6) is -9.25. The van der Waals surface area contributed by atoms with Crippen LogP contribution in [0.5, 0.6) is 23.0 Å². The number of H-pyrrole nitrogens is 1. The summed E-state index contributed by atoms with van der Waals surface area (Å²) in [5.41, 5.74) is -0.616. The number of carbonyl (C=O) groups is 2. The molecule has 3 heterocycles. The van der Waals surface area contributed by atoms with Crippen LogP contribution < -0.4 is 9.64 Å². The molecule has 7 aliphatic rings. The number of aliphatic hydroxyl groups excluding tert-OH is 6. The smallest absolute Gasteiger partial charge is 0.355 e. The fraction of sp³-hybridized carbons (Fsp3) is 0.481. The quantitative estimate of drug-likeness (QED) is 0.0617. The maximum Gasteiger partial charge on any atom is 0.355 e. The van der Waals surface area contributed by atoms with Crippen LogP contribution in [0.15, 0.2) is 78.8 Å². The summed E-state index contributed by atoms with van der Waals surface area (Å²) in [7, 11) is 0. The number of allylic oxidation sites excluding steroid dienone is 1. The molecule has 18 nitrogen and oxygen atoms in total. The maximum atomic E-state index is 15.5. The van der Waals surface area contributed by atoms with Crippen molar-refractivity contribution in [3.05, 3.63) is 112 Å². The minimum absolute atomic E-state index is 0.00517. The first-order chi connectivity index (χ1) is 33.6. The summed E-state index contributed by atoms with van der Waals surface area (Å²) in [6.45, 7) is -1.42. The molecule has 14 atom stereocenters. The van der Waals surface area contributed by atoms with Crippen molar-refractivity contribution in [1.29, 1.82) is 0 Å². The Hall–Kier alpha value is -5.83. The number of amides is 1. The molecule has 18 heteroatoms. The first kappa shape index (κ1) is 46.5. The number of aromatic amines is 1. The number of hydrogen-bond acceptors (Lipinski definition) is 15. The molecule has 5 aliphatic carbocycles. The number of aliphatic carboxylic acids is 1. The van der Waals surface area contributed by atoms with Crippen LogP contribution in [0.3, 0.4) is 0 Å². The third-order valence-corrected chi connectivity index (χ3v) is 17.5. The molecule has 3 saturated carbocycles. The second-order valence-electron chi connectivity index (χ2n) is 20.6. The molecule has 3 aromatic carbocycles. The van der Waals surface area contributed by atoms with E-state index in [9.17, 15) is 61.0 Å². The molecule has 0 unspecified atom stereocenters. The van der Waals surface area contributed by atoms with Gasteiger partial charge in [0.25, 0.3) is 5.91 Å². The van der Waals surface area contributed by atoms with Crippen molar-refractivity contribution in [2.75, 3.05) is 24.7 Å². The summed E-state index contributed by atoms with van der Waals surface area (Å²) in [6.07, 6.45) is 3.72. The molecule has 0 radical (unpaired) electrons. The average molecular weight is 964 g/mol. The number of fused-ring (bicyclic) bond motifs is 4. The van der Waals surface area contributed by atoms with E-state index in [0.717, 1.165) is 23.0 Å². The second-order valence-corrected chi connectivity index (χ2v) is 20.6. The molecule has 4 fully saturated rings. The first-order valence-corrected chi connectivity index (χ1v) is 24.0. The number of aromatic hydroxyl groups is 3. The van der Waals surface area contributed by atoms with E-state index in [2.05, 4.69) is 9.97 Å². The average Bonchev–Trinajstić information content (AvgIpc) is 4.04. The number of carboxylic acids is 1. The van der Waals surface area contributed by atoms with E-state index in [-0.39, 0.29) is 72.5 Å². The van der Waals surface area contributed by atoms with Gasteiger partial charge in [-0.15, -0.1) is 0 Å². The molecule has 12 N–H and O–H groups in total. The molecule has 4 aromatic rings. The fourth-order valence-electron chi connectivity index (χ4n) is 15.3. The van der Waals surface area contributed by atoms with E-state index in [0.29, 0.717) is 60.1 Å². The van der Waals surface area contributed by atoms with E-state index in [1.165, 1.54) is 30.6 Å². The van der Waals surface area contributed by atoms with Crippen molar-refractivity contribution in [2.45, 2.75) is 98.6 Å². The Morgan fingerprint density at radius 3 is 2.46 bits per heavy atom. The molecular weight excluding hydrogens is 907 g/mol. The zero-order chi connectivity index (χ0) is 49.2. The van der Waals surface area contributed by atoms with Crippen molar-refractivity contribution in [3.8, 4) is 23.0 Å². The number of rotatable bonds is 10. The van der Waals surface area contributed by atoms with Gasteiger partial charge in [-0.1, -0.05) is 30.2 Å². The van der Waals surface area contributed by atoms with Gasteiger partial charge in [0, 0.05) is 71.5 Å². The Labute approximate surface area is 401 Å². The van der Waals surface area contributed by atoms with Crippen molar-refractivity contribution < 1.29 is 75.2 Å². The number of nitrogens with zero attached hydrogens (tertiary/aromatic N) is 2. The fourth-order valence-corrected chi connectivity index (χ4v) is 15.3. The summed E-state index contributed by atoms with van der Waals surface area (Å²) in [6, 6.07) is 12.5. The Kier molecular flexibility index (Phi) is 11.1. The number of benzene rings is 3. The lowest BCUT2D eigenvalue weighted by Crippen LogP contribution is -2.71. The van der Waals surface area contributed by atoms with E-state index >= 15 is 4.79 Å². The van der Waals surface area contributed by atoms with Gasteiger partial charge < -0.3 is 70.6 Å². The van der Waals surface area contributed by atoms with Crippen LogP contribution >= 0.6 is 0 Å². The molecule has 11 rings (SSSR count). The van der Waals surface area contributed by atoms with Gasteiger partial charge in [0.2, 0.25) is 0 Å². The molecule has 2 aliphatic heterocycles. The van der Waals surface area contributed by atoms with Gasteiger partial charge in [0.1, 0.15) is 29.8 Å². The van der Waals surface area contributed by atoms with Crippen LogP contribution in [0.2, 0.25) is 0 Å². The van der Waals surface area contributed by atoms with Crippen molar-refractivity contribution in [2.24, 2.45) is 35.0 Å². The molecule has 370 valence electrons. The Bertz CT molecular complexity index is 2820. The number of aliphatic hydroxyl groups is 7. The van der Waals surface area contributed by atoms with Crippen LogP contribution in [0.25, 0.3) is 6.08 Å². The minimum atomic E-state index is -3.21. The summed E-state index contributed by atoms with van der Waals surface area (Å²) in [5, 5.41) is 124. The van der Waals surface area contributed by atoms with E-state index in [1.54, 1.807) is 36.5 Å². The van der Waals surface area contributed by atoms with E-state index < -0.39 is 88.6 Å². The summed E-state index contributed by atoms with van der Waals surface area (Å²) < 4.78 is 11.2. The maximum absolute atomic E-state index is 15.5. The number of phenols is 3. The van der Waals surface area contributed by atoms with Gasteiger partial charge in [0.05, 0.1) is 18.6 Å². The SMILES string of the molecule is O=C(/C=C/c1ccc(O)c(Cc2cnc[nH]2)c1)N1c2cc(O[C@]3(O)O[C@H](CO)[C@@H](O)[C@H](O)[C@H]3O)c(O)cc2[C@H]2[C@]34C(=C[C@]21C(=O)O)C[C@H](CO)C[C@H]3C[C@@H]1Cc2cccc(O)c2[C@]42[C@H](CO)CCC[C@@H]12. The number of aromatic nitrogens is 2. The van der Waals surface area contributed by atoms with Crippen molar-refractivity contribution in [1.82, 2.24) is 9.97 Å². The lowest BCUT2D eigenvalue weighted by atomic mass is 9.30. The third kappa shape index (κ3) is 6.23. The predicted molar refractivity (Wildman–Crippen MR) is 246 cm³/mol. The molecular formula is C52H57N3O15. The highest BCUT2D eigenvalue weighted by molar-refractivity contribution is 6.13. The van der Waals surface area contributed by atoms with Gasteiger partial charge in [-0.25, -0.2) is 9.78 Å². The van der Waals surface area contributed by atoms with Gasteiger partial charge in [-0.3, -0.25) is 9.69 Å². The van der Waals surface area contributed by atoms with Crippen LogP contribution in [0.4, 0.5) is 5.69 Å². The highest BCUT2D eigenvalue weighted by Crippen LogP contribution is 2.83. The lowest BCUT2D eigenvalue weighted by molar-refractivity contribution is -0.422. The highest BCUT2D eigenvalue weighted by Gasteiger charge is 2.82. The molecule has 2 bridgehead atoms. The van der Waals surface area contributed by atoms with Gasteiger partial charge in [-0.05, 0) is 121 Å². The van der Waals surface area contributed by atoms with Crippen LogP contribution in [0.1, 0.15) is 78.0 Å². The monoisotopic (exact) mass is 963 g/mol.